The molecule has 0 bridgehead atoms. The summed E-state index contributed by atoms with van der Waals surface area (Å²) in [5, 5.41) is 13.3. The Kier molecular flexibility index (Phi) is 5.13. The fourth-order valence-corrected chi connectivity index (χ4v) is 1.34. The Labute approximate surface area is 113 Å². The molecule has 0 atom stereocenters. The summed E-state index contributed by atoms with van der Waals surface area (Å²) < 4.78 is 5.03. The molecule has 8 heteroatoms. The van der Waals surface area contributed by atoms with Crippen LogP contribution in [0, 0.1) is 0 Å². The van der Waals surface area contributed by atoms with Gasteiger partial charge in [-0.3, -0.25) is 10.1 Å². The van der Waals surface area contributed by atoms with Crippen LogP contribution < -0.4 is 15.4 Å². The lowest BCUT2D eigenvalue weighted by Crippen LogP contribution is -2.40. The topological polar surface area (TPSA) is 105 Å². The third kappa shape index (κ3) is 4.47. The maximum Gasteiger partial charge on any atom is 0.339 e. The van der Waals surface area contributed by atoms with Crippen molar-refractivity contribution >= 4 is 29.5 Å². The molecule has 0 aromatic heterocycles. The summed E-state index contributed by atoms with van der Waals surface area (Å²) in [4.78, 5) is 33.0. The van der Waals surface area contributed by atoms with E-state index in [1.54, 1.807) is 0 Å². The largest absolute Gasteiger partial charge is 0.483 e. The number of hydrogen-bond donors (Lipinski definition) is 3. The maximum atomic E-state index is 11.3. The quantitative estimate of drug-likeness (QED) is 0.762. The molecule has 7 nitrogen and oxygen atoms in total. The highest BCUT2D eigenvalue weighted by Gasteiger charge is 2.14. The first-order chi connectivity index (χ1) is 8.93. The summed E-state index contributed by atoms with van der Waals surface area (Å²) >= 11 is 5.66. The number of carboxylic acid groups (broad SMARTS) is 1. The Balaban J connectivity index is 2.70. The minimum atomic E-state index is -1.23. The van der Waals surface area contributed by atoms with E-state index in [1.807, 2.05) is 5.32 Å². The zero-order valence-corrected chi connectivity index (χ0v) is 10.7. The monoisotopic (exact) mass is 286 g/mol. The number of carbonyl (C=O) groups excluding carboxylic acids is 2. The second kappa shape index (κ2) is 6.60. The van der Waals surface area contributed by atoms with Gasteiger partial charge in [-0.25, -0.2) is 9.59 Å². The number of nitrogens with one attached hydrogen (secondary N) is 2. The summed E-state index contributed by atoms with van der Waals surface area (Å²) in [6.45, 7) is -0.491. The Bertz CT molecular complexity index is 518. The summed E-state index contributed by atoms with van der Waals surface area (Å²) in [6.07, 6.45) is 0. The minimum absolute atomic E-state index is 0.0102. The van der Waals surface area contributed by atoms with E-state index in [1.165, 1.54) is 25.2 Å². The molecular weight excluding hydrogens is 276 g/mol. The van der Waals surface area contributed by atoms with Crippen molar-refractivity contribution in [3.63, 3.8) is 0 Å². The van der Waals surface area contributed by atoms with Crippen molar-refractivity contribution in [3.8, 4) is 5.75 Å². The van der Waals surface area contributed by atoms with Gasteiger partial charge in [-0.2, -0.15) is 0 Å². The van der Waals surface area contributed by atoms with Crippen LogP contribution in [0.5, 0.6) is 5.75 Å². The van der Waals surface area contributed by atoms with Crippen molar-refractivity contribution in [2.45, 2.75) is 0 Å². The highest BCUT2D eigenvalue weighted by molar-refractivity contribution is 6.31. The van der Waals surface area contributed by atoms with Crippen LogP contribution >= 0.6 is 11.6 Å². The molecule has 0 saturated heterocycles. The number of benzene rings is 1. The van der Waals surface area contributed by atoms with Gasteiger partial charge in [0.1, 0.15) is 11.3 Å². The van der Waals surface area contributed by atoms with E-state index in [4.69, 9.17) is 21.4 Å². The van der Waals surface area contributed by atoms with E-state index in [0.717, 1.165) is 0 Å². The smallest absolute Gasteiger partial charge is 0.339 e. The summed E-state index contributed by atoms with van der Waals surface area (Å²) in [5.41, 5.74) is -0.166. The van der Waals surface area contributed by atoms with Crippen molar-refractivity contribution in [1.29, 1.82) is 0 Å². The van der Waals surface area contributed by atoms with Crippen LogP contribution in [-0.4, -0.2) is 36.7 Å². The number of hydrogen-bond acceptors (Lipinski definition) is 4. The average Bonchev–Trinajstić information content (AvgIpc) is 2.36. The van der Waals surface area contributed by atoms with Crippen molar-refractivity contribution in [3.05, 3.63) is 28.8 Å². The summed E-state index contributed by atoms with van der Waals surface area (Å²) in [5.74, 6) is -1.95. The van der Waals surface area contributed by atoms with Crippen molar-refractivity contribution in [2.24, 2.45) is 0 Å². The van der Waals surface area contributed by atoms with Crippen LogP contribution in [0.4, 0.5) is 4.79 Å². The van der Waals surface area contributed by atoms with Gasteiger partial charge in [0.05, 0.1) is 0 Å². The highest BCUT2D eigenvalue weighted by atomic mass is 35.5. The molecule has 102 valence electrons. The number of ether oxygens (including phenoxy) is 1. The van der Waals surface area contributed by atoms with Crippen molar-refractivity contribution in [1.82, 2.24) is 10.6 Å². The van der Waals surface area contributed by atoms with Crippen molar-refractivity contribution < 1.29 is 24.2 Å². The molecule has 0 radical (unpaired) electrons. The van der Waals surface area contributed by atoms with Gasteiger partial charge in [0.25, 0.3) is 5.91 Å². The van der Waals surface area contributed by atoms with E-state index >= 15 is 0 Å². The summed E-state index contributed by atoms with van der Waals surface area (Å²) in [7, 11) is 1.35. The molecule has 0 saturated carbocycles. The number of urea groups is 1. The fraction of sp³-hybridized carbons (Fsp3) is 0.182. The Morgan fingerprint density at radius 3 is 2.63 bits per heavy atom. The van der Waals surface area contributed by atoms with Crippen LogP contribution in [0.1, 0.15) is 10.4 Å². The molecule has 0 aliphatic heterocycles. The second-order valence-electron chi connectivity index (χ2n) is 3.36. The number of rotatable bonds is 4. The third-order valence-electron chi connectivity index (χ3n) is 2.01. The molecule has 0 fully saturated rings. The van der Waals surface area contributed by atoms with E-state index in [0.29, 0.717) is 0 Å². The van der Waals surface area contributed by atoms with E-state index in [2.05, 4.69) is 5.32 Å². The van der Waals surface area contributed by atoms with Gasteiger partial charge in [0.15, 0.2) is 6.61 Å². The van der Waals surface area contributed by atoms with Gasteiger partial charge in [0, 0.05) is 12.1 Å². The van der Waals surface area contributed by atoms with Crippen LogP contribution in [0.15, 0.2) is 18.2 Å². The van der Waals surface area contributed by atoms with Crippen LogP contribution in [0.3, 0.4) is 0 Å². The Hall–Kier alpha value is -2.28. The van der Waals surface area contributed by atoms with Gasteiger partial charge in [-0.1, -0.05) is 11.6 Å². The molecule has 0 aliphatic carbocycles. The van der Waals surface area contributed by atoms with Gasteiger partial charge >= 0.3 is 12.0 Å². The number of carbonyl (C=O) groups is 3. The molecule has 0 unspecified atom stereocenters. The number of halogens is 1. The molecule has 0 aliphatic rings. The molecule has 1 aromatic rings. The molecule has 3 amide bonds. The molecule has 19 heavy (non-hydrogen) atoms. The molecule has 0 heterocycles. The first-order valence-corrected chi connectivity index (χ1v) is 5.49. The standard InChI is InChI=1S/C11H11ClN2O5/c1-13-11(18)14-9(15)5-19-8-3-2-6(12)4-7(8)10(16)17/h2-4H,5H2,1H3,(H,16,17)(H2,13,14,15,18). The van der Waals surface area contributed by atoms with Gasteiger partial charge in [-0.15, -0.1) is 0 Å². The molecule has 1 aromatic carbocycles. The average molecular weight is 287 g/mol. The lowest BCUT2D eigenvalue weighted by Gasteiger charge is -2.09. The Morgan fingerprint density at radius 1 is 1.37 bits per heavy atom. The zero-order valence-electron chi connectivity index (χ0n) is 9.90. The van der Waals surface area contributed by atoms with Gasteiger partial charge < -0.3 is 15.2 Å². The molecule has 1 rings (SSSR count). The number of aromatic carboxylic acids is 1. The third-order valence-corrected chi connectivity index (χ3v) is 2.25. The number of carboxylic acids is 1. The predicted octanol–water partition coefficient (Wildman–Crippen LogP) is 0.873. The number of amides is 3. The molecular formula is C11H11ClN2O5. The lowest BCUT2D eigenvalue weighted by atomic mass is 10.2. The number of imide groups is 1. The minimum Gasteiger partial charge on any atom is -0.483 e. The Morgan fingerprint density at radius 2 is 2.05 bits per heavy atom. The van der Waals surface area contributed by atoms with Crippen LogP contribution in [0.25, 0.3) is 0 Å². The normalized spacial score (nSPS) is 9.58. The van der Waals surface area contributed by atoms with Gasteiger partial charge in [-0.05, 0) is 18.2 Å². The lowest BCUT2D eigenvalue weighted by molar-refractivity contribution is -0.122. The summed E-state index contributed by atoms with van der Waals surface area (Å²) in [6, 6.07) is 3.29. The molecule has 0 spiro atoms. The van der Waals surface area contributed by atoms with Crippen molar-refractivity contribution in [2.75, 3.05) is 13.7 Å². The zero-order chi connectivity index (χ0) is 14.4. The first kappa shape index (κ1) is 14.8. The second-order valence-corrected chi connectivity index (χ2v) is 3.80. The predicted molar refractivity (Wildman–Crippen MR) is 66.5 cm³/mol. The van der Waals surface area contributed by atoms with E-state index in [-0.39, 0.29) is 16.3 Å². The molecule has 3 N–H and O–H groups in total. The van der Waals surface area contributed by atoms with E-state index < -0.39 is 24.5 Å². The van der Waals surface area contributed by atoms with Crippen LogP contribution in [0.2, 0.25) is 5.02 Å². The van der Waals surface area contributed by atoms with Gasteiger partial charge in [0.2, 0.25) is 0 Å². The SMILES string of the molecule is CNC(=O)NC(=O)COc1ccc(Cl)cc1C(=O)O. The maximum absolute atomic E-state index is 11.3. The van der Waals surface area contributed by atoms with Crippen LogP contribution in [-0.2, 0) is 4.79 Å². The highest BCUT2D eigenvalue weighted by Crippen LogP contribution is 2.22. The fourth-order valence-electron chi connectivity index (χ4n) is 1.16. The van der Waals surface area contributed by atoms with E-state index in [9.17, 15) is 14.4 Å². The first-order valence-electron chi connectivity index (χ1n) is 5.11.